The van der Waals surface area contributed by atoms with E-state index >= 15 is 0 Å². The van der Waals surface area contributed by atoms with Gasteiger partial charge in [-0.2, -0.15) is 0 Å². The van der Waals surface area contributed by atoms with Gasteiger partial charge in [-0.05, 0) is 44.7 Å². The molecule has 2 rings (SSSR count). The zero-order chi connectivity index (χ0) is 9.31. The molecule has 13 heavy (non-hydrogen) atoms. The average Bonchev–Trinajstić information content (AvgIpc) is 2.54. The lowest BCUT2D eigenvalue weighted by Gasteiger charge is -2.43. The lowest BCUT2D eigenvalue weighted by Crippen LogP contribution is -2.46. The highest BCUT2D eigenvalue weighted by Gasteiger charge is 2.39. The fraction of sp³-hybridized carbons (Fsp3) is 1.00. The monoisotopic (exact) mass is 181 g/mol. The first-order valence-corrected chi connectivity index (χ1v) is 5.93. The Morgan fingerprint density at radius 2 is 1.77 bits per heavy atom. The van der Waals surface area contributed by atoms with Crippen molar-refractivity contribution in [3.63, 3.8) is 0 Å². The van der Waals surface area contributed by atoms with Crippen molar-refractivity contribution in [2.24, 2.45) is 5.41 Å². The Hall–Kier alpha value is -0.0400. The van der Waals surface area contributed by atoms with Crippen LogP contribution in [0, 0.1) is 5.41 Å². The maximum absolute atomic E-state index is 2.62. The molecule has 1 aliphatic heterocycles. The van der Waals surface area contributed by atoms with Crippen LogP contribution in [0.5, 0.6) is 0 Å². The van der Waals surface area contributed by atoms with Gasteiger partial charge >= 0.3 is 0 Å². The van der Waals surface area contributed by atoms with Gasteiger partial charge in [0.1, 0.15) is 0 Å². The second-order valence-electron chi connectivity index (χ2n) is 5.35. The van der Waals surface area contributed by atoms with E-state index in [1.165, 1.54) is 51.5 Å². The van der Waals surface area contributed by atoms with Crippen LogP contribution in [0.2, 0.25) is 0 Å². The first kappa shape index (κ1) is 9.51. The van der Waals surface area contributed by atoms with Crippen molar-refractivity contribution in [3.05, 3.63) is 0 Å². The number of piperidine rings is 1. The van der Waals surface area contributed by atoms with E-state index < -0.39 is 0 Å². The molecule has 1 atom stereocenters. The van der Waals surface area contributed by atoms with Crippen molar-refractivity contribution in [2.75, 3.05) is 13.6 Å². The zero-order valence-corrected chi connectivity index (χ0v) is 9.18. The highest BCUT2D eigenvalue weighted by Crippen LogP contribution is 2.44. The topological polar surface area (TPSA) is 3.24 Å². The van der Waals surface area contributed by atoms with Crippen LogP contribution in [0.1, 0.15) is 51.9 Å². The standard InChI is InChI=1S/C12H23N/c1-12(8-4-5-9-12)11-7-3-6-10-13(11)2/h11H,3-10H2,1-2H3. The van der Waals surface area contributed by atoms with E-state index in [4.69, 9.17) is 0 Å². The van der Waals surface area contributed by atoms with Crippen LogP contribution in [0.3, 0.4) is 0 Å². The number of nitrogens with zero attached hydrogens (tertiary/aromatic N) is 1. The van der Waals surface area contributed by atoms with Gasteiger partial charge in [0.2, 0.25) is 0 Å². The molecule has 1 heteroatoms. The number of rotatable bonds is 1. The summed E-state index contributed by atoms with van der Waals surface area (Å²) in [4.78, 5) is 2.62. The van der Waals surface area contributed by atoms with Crippen molar-refractivity contribution in [1.29, 1.82) is 0 Å². The van der Waals surface area contributed by atoms with Crippen molar-refractivity contribution in [3.8, 4) is 0 Å². The molecule has 0 bridgehead atoms. The van der Waals surface area contributed by atoms with Crippen LogP contribution in [-0.4, -0.2) is 24.5 Å². The molecule has 0 amide bonds. The van der Waals surface area contributed by atoms with Crippen LogP contribution in [0.25, 0.3) is 0 Å². The van der Waals surface area contributed by atoms with Crippen molar-refractivity contribution in [2.45, 2.75) is 57.9 Å². The van der Waals surface area contributed by atoms with Gasteiger partial charge in [-0.15, -0.1) is 0 Å². The summed E-state index contributed by atoms with van der Waals surface area (Å²) in [5.41, 5.74) is 0.662. The Kier molecular flexibility index (Phi) is 2.64. The first-order valence-electron chi connectivity index (χ1n) is 5.93. The molecule has 2 aliphatic rings. The highest BCUT2D eigenvalue weighted by atomic mass is 15.1. The molecule has 0 aromatic rings. The van der Waals surface area contributed by atoms with E-state index in [1.807, 2.05) is 0 Å². The van der Waals surface area contributed by atoms with Gasteiger partial charge in [0, 0.05) is 6.04 Å². The van der Waals surface area contributed by atoms with Crippen LogP contribution in [0.15, 0.2) is 0 Å². The number of hydrogen-bond donors (Lipinski definition) is 0. The van der Waals surface area contributed by atoms with Crippen molar-refractivity contribution in [1.82, 2.24) is 4.90 Å². The molecule has 2 fully saturated rings. The third-order valence-electron chi connectivity index (χ3n) is 4.32. The molecule has 1 saturated heterocycles. The Morgan fingerprint density at radius 3 is 2.38 bits per heavy atom. The molecular formula is C12H23N. The maximum atomic E-state index is 2.62. The Bertz CT molecular complexity index is 170. The summed E-state index contributed by atoms with van der Waals surface area (Å²) in [6, 6.07) is 0.892. The van der Waals surface area contributed by atoms with Gasteiger partial charge in [0.15, 0.2) is 0 Å². The quantitative estimate of drug-likeness (QED) is 0.601. The molecule has 0 N–H and O–H groups in total. The van der Waals surface area contributed by atoms with E-state index in [1.54, 1.807) is 0 Å². The molecule has 0 aromatic heterocycles. The lowest BCUT2D eigenvalue weighted by molar-refractivity contribution is 0.0678. The second-order valence-corrected chi connectivity index (χ2v) is 5.35. The zero-order valence-electron chi connectivity index (χ0n) is 9.18. The molecule has 1 aliphatic carbocycles. The molecule has 76 valence electrons. The Labute approximate surface area is 82.5 Å². The van der Waals surface area contributed by atoms with Crippen molar-refractivity contribution < 1.29 is 0 Å². The van der Waals surface area contributed by atoms with Crippen LogP contribution in [0.4, 0.5) is 0 Å². The van der Waals surface area contributed by atoms with Gasteiger partial charge in [0.25, 0.3) is 0 Å². The summed E-state index contributed by atoms with van der Waals surface area (Å²) in [5, 5.41) is 0. The van der Waals surface area contributed by atoms with Crippen LogP contribution >= 0.6 is 0 Å². The Morgan fingerprint density at radius 1 is 1.08 bits per heavy atom. The van der Waals surface area contributed by atoms with Crippen LogP contribution in [-0.2, 0) is 0 Å². The summed E-state index contributed by atoms with van der Waals surface area (Å²) in [5.74, 6) is 0. The van der Waals surface area contributed by atoms with Crippen LogP contribution < -0.4 is 0 Å². The third-order valence-corrected chi connectivity index (χ3v) is 4.32. The van der Waals surface area contributed by atoms with E-state index in [0.717, 1.165) is 6.04 Å². The average molecular weight is 181 g/mol. The summed E-state index contributed by atoms with van der Waals surface area (Å²) in [6.45, 7) is 3.85. The van der Waals surface area contributed by atoms with Gasteiger partial charge < -0.3 is 4.90 Å². The first-order chi connectivity index (χ1) is 6.22. The van der Waals surface area contributed by atoms with E-state index in [2.05, 4.69) is 18.9 Å². The fourth-order valence-electron chi connectivity index (χ4n) is 3.47. The predicted molar refractivity (Wildman–Crippen MR) is 56.8 cm³/mol. The summed E-state index contributed by atoms with van der Waals surface area (Å²) < 4.78 is 0. The van der Waals surface area contributed by atoms with Gasteiger partial charge in [-0.1, -0.05) is 26.2 Å². The largest absolute Gasteiger partial charge is 0.303 e. The predicted octanol–water partition coefficient (Wildman–Crippen LogP) is 3.05. The van der Waals surface area contributed by atoms with Crippen molar-refractivity contribution >= 4 is 0 Å². The smallest absolute Gasteiger partial charge is 0.0146 e. The number of hydrogen-bond acceptors (Lipinski definition) is 1. The summed E-state index contributed by atoms with van der Waals surface area (Å²) >= 11 is 0. The van der Waals surface area contributed by atoms with Gasteiger partial charge in [0.05, 0.1) is 0 Å². The van der Waals surface area contributed by atoms with Gasteiger partial charge in [-0.25, -0.2) is 0 Å². The normalized spacial score (nSPS) is 35.1. The van der Waals surface area contributed by atoms with Gasteiger partial charge in [-0.3, -0.25) is 0 Å². The minimum Gasteiger partial charge on any atom is -0.303 e. The Balaban J connectivity index is 2.04. The minimum absolute atomic E-state index is 0.662. The molecule has 1 nitrogen and oxygen atoms in total. The maximum Gasteiger partial charge on any atom is 0.0146 e. The second kappa shape index (κ2) is 3.61. The fourth-order valence-corrected chi connectivity index (χ4v) is 3.47. The molecule has 0 radical (unpaired) electrons. The molecular weight excluding hydrogens is 158 g/mol. The molecule has 0 spiro atoms. The van der Waals surface area contributed by atoms with E-state index in [-0.39, 0.29) is 0 Å². The molecule has 1 heterocycles. The highest BCUT2D eigenvalue weighted by molar-refractivity contribution is 4.93. The summed E-state index contributed by atoms with van der Waals surface area (Å²) in [6.07, 6.45) is 10.2. The van der Waals surface area contributed by atoms with E-state index in [0.29, 0.717) is 5.41 Å². The summed E-state index contributed by atoms with van der Waals surface area (Å²) in [7, 11) is 2.33. The molecule has 0 aromatic carbocycles. The third kappa shape index (κ3) is 1.76. The number of likely N-dealkylation sites (tertiary alicyclic amines) is 1. The minimum atomic E-state index is 0.662. The molecule has 1 saturated carbocycles. The lowest BCUT2D eigenvalue weighted by atomic mass is 9.76. The molecule has 1 unspecified atom stereocenters. The SMILES string of the molecule is CN1CCCCC1C1(C)CCCC1. The van der Waals surface area contributed by atoms with E-state index in [9.17, 15) is 0 Å².